The van der Waals surface area contributed by atoms with E-state index in [0.717, 1.165) is 26.2 Å². The molecule has 2 heteroatoms. The number of hydrogen-bond donors (Lipinski definition) is 2. The van der Waals surface area contributed by atoms with Crippen LogP contribution in [0.3, 0.4) is 0 Å². The Bertz CT molecular complexity index is 739. The van der Waals surface area contributed by atoms with Gasteiger partial charge in [-0.15, -0.1) is 0 Å². The van der Waals surface area contributed by atoms with Gasteiger partial charge >= 0.3 is 0 Å². The van der Waals surface area contributed by atoms with Crippen LogP contribution >= 0.6 is 0 Å². The highest BCUT2D eigenvalue weighted by Gasteiger charge is 2.05. The topological polar surface area (TPSA) is 24.1 Å². The fraction of sp³-hybridized carbons (Fsp3) is 0.250. The third-order valence-corrected chi connectivity index (χ3v) is 4.77. The minimum Gasteiger partial charge on any atom is -0.309 e. The van der Waals surface area contributed by atoms with Crippen LogP contribution in [-0.4, -0.2) is 0 Å². The molecule has 0 atom stereocenters. The van der Waals surface area contributed by atoms with E-state index in [4.69, 9.17) is 0 Å². The Morgan fingerprint density at radius 1 is 0.538 bits per heavy atom. The zero-order chi connectivity index (χ0) is 18.2. The molecule has 3 aromatic rings. The fourth-order valence-corrected chi connectivity index (χ4v) is 3.19. The summed E-state index contributed by atoms with van der Waals surface area (Å²) in [5.41, 5.74) is 8.11. The lowest BCUT2D eigenvalue weighted by atomic mass is 9.99. The third kappa shape index (κ3) is 5.29. The van der Waals surface area contributed by atoms with Crippen molar-refractivity contribution < 1.29 is 0 Å². The smallest absolute Gasteiger partial charge is 0.0211 e. The molecule has 0 fully saturated rings. The van der Waals surface area contributed by atoms with Crippen molar-refractivity contribution in [1.82, 2.24) is 10.6 Å². The summed E-state index contributed by atoms with van der Waals surface area (Å²) in [6.45, 7) is 8.03. The Hall–Kier alpha value is -2.42. The van der Waals surface area contributed by atoms with E-state index in [2.05, 4.69) is 97.3 Å². The minimum absolute atomic E-state index is 0.902. The Kier molecular flexibility index (Phi) is 6.59. The first-order valence-electron chi connectivity index (χ1n) is 9.30. The highest BCUT2D eigenvalue weighted by molar-refractivity contribution is 5.37. The molecule has 0 aliphatic rings. The van der Waals surface area contributed by atoms with E-state index in [1.807, 2.05) is 0 Å². The first-order valence-corrected chi connectivity index (χ1v) is 9.30. The largest absolute Gasteiger partial charge is 0.309 e. The predicted molar refractivity (Wildman–Crippen MR) is 110 cm³/mol. The summed E-state index contributed by atoms with van der Waals surface area (Å²) in [6.07, 6.45) is 0. The standard InChI is InChI=1S/C24H28N2/c1-19-13-24(18-26-16-22-11-7-4-8-12-22)20(2)14-23(19)17-25-15-21-9-5-3-6-10-21/h3-14,25-26H,15-18H2,1-2H3. The molecule has 26 heavy (non-hydrogen) atoms. The number of aryl methyl sites for hydroxylation is 2. The van der Waals surface area contributed by atoms with Crippen molar-refractivity contribution in [3.05, 3.63) is 106 Å². The molecule has 2 N–H and O–H groups in total. The minimum atomic E-state index is 0.902. The lowest BCUT2D eigenvalue weighted by Gasteiger charge is -2.14. The summed E-state index contributed by atoms with van der Waals surface area (Å²) in [5, 5.41) is 7.11. The summed E-state index contributed by atoms with van der Waals surface area (Å²) in [7, 11) is 0. The van der Waals surface area contributed by atoms with E-state index in [1.165, 1.54) is 33.4 Å². The Balaban J connectivity index is 1.53. The molecule has 2 nitrogen and oxygen atoms in total. The van der Waals surface area contributed by atoms with E-state index in [9.17, 15) is 0 Å². The molecule has 0 bridgehead atoms. The average Bonchev–Trinajstić information content (AvgIpc) is 2.67. The molecule has 0 amide bonds. The van der Waals surface area contributed by atoms with Crippen LogP contribution in [0.25, 0.3) is 0 Å². The van der Waals surface area contributed by atoms with Crippen LogP contribution in [0.15, 0.2) is 72.8 Å². The van der Waals surface area contributed by atoms with Crippen molar-refractivity contribution in [2.24, 2.45) is 0 Å². The van der Waals surface area contributed by atoms with Gasteiger partial charge in [-0.05, 0) is 47.2 Å². The van der Waals surface area contributed by atoms with Gasteiger partial charge in [0.05, 0.1) is 0 Å². The second-order valence-electron chi connectivity index (χ2n) is 6.88. The van der Waals surface area contributed by atoms with Gasteiger partial charge in [-0.1, -0.05) is 72.8 Å². The van der Waals surface area contributed by atoms with Gasteiger partial charge in [0.15, 0.2) is 0 Å². The zero-order valence-corrected chi connectivity index (χ0v) is 15.8. The Labute approximate surface area is 157 Å². The summed E-state index contributed by atoms with van der Waals surface area (Å²) in [6, 6.07) is 25.8. The maximum absolute atomic E-state index is 3.55. The van der Waals surface area contributed by atoms with E-state index >= 15 is 0 Å². The first-order chi connectivity index (χ1) is 12.7. The van der Waals surface area contributed by atoms with Crippen molar-refractivity contribution in [3.63, 3.8) is 0 Å². The van der Waals surface area contributed by atoms with Crippen LogP contribution < -0.4 is 10.6 Å². The molecule has 134 valence electrons. The first kappa shape index (κ1) is 18.4. The van der Waals surface area contributed by atoms with Gasteiger partial charge < -0.3 is 10.6 Å². The molecule has 0 aliphatic heterocycles. The molecule has 0 spiro atoms. The van der Waals surface area contributed by atoms with Crippen molar-refractivity contribution in [2.75, 3.05) is 0 Å². The van der Waals surface area contributed by atoms with Crippen LogP contribution in [0, 0.1) is 13.8 Å². The molecule has 0 saturated heterocycles. The number of hydrogen-bond acceptors (Lipinski definition) is 2. The quantitative estimate of drug-likeness (QED) is 0.608. The van der Waals surface area contributed by atoms with Crippen LogP contribution in [-0.2, 0) is 26.2 Å². The summed E-state index contributed by atoms with van der Waals surface area (Å²) >= 11 is 0. The van der Waals surface area contributed by atoms with Gasteiger partial charge in [-0.25, -0.2) is 0 Å². The monoisotopic (exact) mass is 344 g/mol. The molecular formula is C24H28N2. The summed E-state index contributed by atoms with van der Waals surface area (Å²) in [4.78, 5) is 0. The van der Waals surface area contributed by atoms with E-state index in [1.54, 1.807) is 0 Å². The molecule has 0 aliphatic carbocycles. The SMILES string of the molecule is Cc1cc(CNCc2ccccc2)c(C)cc1CNCc1ccccc1. The van der Waals surface area contributed by atoms with Crippen molar-refractivity contribution in [3.8, 4) is 0 Å². The third-order valence-electron chi connectivity index (χ3n) is 4.77. The van der Waals surface area contributed by atoms with Gasteiger partial charge in [-0.2, -0.15) is 0 Å². The molecule has 0 heterocycles. The van der Waals surface area contributed by atoms with E-state index < -0.39 is 0 Å². The predicted octanol–water partition coefficient (Wildman–Crippen LogP) is 4.88. The van der Waals surface area contributed by atoms with Gasteiger partial charge in [0.25, 0.3) is 0 Å². The summed E-state index contributed by atoms with van der Waals surface area (Å²) < 4.78 is 0. The van der Waals surface area contributed by atoms with Gasteiger partial charge in [0.2, 0.25) is 0 Å². The van der Waals surface area contributed by atoms with Crippen LogP contribution in [0.2, 0.25) is 0 Å². The van der Waals surface area contributed by atoms with Crippen LogP contribution in [0.5, 0.6) is 0 Å². The number of rotatable bonds is 8. The van der Waals surface area contributed by atoms with E-state index in [0.29, 0.717) is 0 Å². The maximum Gasteiger partial charge on any atom is 0.0211 e. The molecule has 0 saturated carbocycles. The van der Waals surface area contributed by atoms with Gasteiger partial charge in [0, 0.05) is 26.2 Å². The fourth-order valence-electron chi connectivity index (χ4n) is 3.19. The number of benzene rings is 3. The van der Waals surface area contributed by atoms with Crippen LogP contribution in [0.1, 0.15) is 33.4 Å². The van der Waals surface area contributed by atoms with Crippen molar-refractivity contribution in [2.45, 2.75) is 40.0 Å². The van der Waals surface area contributed by atoms with Gasteiger partial charge in [0.1, 0.15) is 0 Å². The lowest BCUT2D eigenvalue weighted by Crippen LogP contribution is -2.16. The summed E-state index contributed by atoms with van der Waals surface area (Å²) in [5.74, 6) is 0. The second-order valence-corrected chi connectivity index (χ2v) is 6.88. The van der Waals surface area contributed by atoms with E-state index in [-0.39, 0.29) is 0 Å². The normalized spacial score (nSPS) is 10.8. The van der Waals surface area contributed by atoms with Crippen molar-refractivity contribution in [1.29, 1.82) is 0 Å². The zero-order valence-electron chi connectivity index (χ0n) is 15.8. The Morgan fingerprint density at radius 3 is 1.31 bits per heavy atom. The highest BCUT2D eigenvalue weighted by Crippen LogP contribution is 2.16. The van der Waals surface area contributed by atoms with Crippen LogP contribution in [0.4, 0.5) is 0 Å². The highest BCUT2D eigenvalue weighted by atomic mass is 14.9. The second kappa shape index (κ2) is 9.33. The maximum atomic E-state index is 3.55. The lowest BCUT2D eigenvalue weighted by molar-refractivity contribution is 0.680. The molecule has 3 rings (SSSR count). The molecule has 0 unspecified atom stereocenters. The molecule has 3 aromatic carbocycles. The Morgan fingerprint density at radius 2 is 0.923 bits per heavy atom. The van der Waals surface area contributed by atoms with Gasteiger partial charge in [-0.3, -0.25) is 0 Å². The average molecular weight is 345 g/mol. The van der Waals surface area contributed by atoms with Crippen molar-refractivity contribution >= 4 is 0 Å². The molecule has 0 radical (unpaired) electrons. The molecular weight excluding hydrogens is 316 g/mol. The number of nitrogens with one attached hydrogen (secondary N) is 2. The molecule has 0 aromatic heterocycles.